The minimum absolute atomic E-state index is 0.218. The highest BCUT2D eigenvalue weighted by Crippen LogP contribution is 2.29. The van der Waals surface area contributed by atoms with Gasteiger partial charge in [0.25, 0.3) is 0 Å². The van der Waals surface area contributed by atoms with Crippen LogP contribution in [0.1, 0.15) is 5.56 Å². The second-order valence-electron chi connectivity index (χ2n) is 5.13. The zero-order valence-electron chi connectivity index (χ0n) is 12.6. The topological polar surface area (TPSA) is 64.0 Å². The van der Waals surface area contributed by atoms with Gasteiger partial charge in [-0.2, -0.15) is 5.10 Å². The summed E-state index contributed by atoms with van der Waals surface area (Å²) in [5.74, 6) is 0. The maximum absolute atomic E-state index is 12.6. The molecule has 0 fully saturated rings. The predicted molar refractivity (Wildman–Crippen MR) is 91.9 cm³/mol. The molecule has 3 aromatic rings. The van der Waals surface area contributed by atoms with Crippen molar-refractivity contribution in [3.8, 4) is 10.6 Å². The van der Waals surface area contributed by atoms with Crippen LogP contribution in [0.15, 0.2) is 58.9 Å². The van der Waals surface area contributed by atoms with Gasteiger partial charge < -0.3 is 0 Å². The van der Waals surface area contributed by atoms with E-state index < -0.39 is 10.0 Å². The lowest BCUT2D eigenvalue weighted by molar-refractivity contribution is 0.581. The van der Waals surface area contributed by atoms with Gasteiger partial charge in [0, 0.05) is 19.8 Å². The normalized spacial score (nSPS) is 11.7. The van der Waals surface area contributed by atoms with E-state index in [4.69, 9.17) is 0 Å². The number of rotatable bonds is 6. The van der Waals surface area contributed by atoms with E-state index in [0.29, 0.717) is 18.7 Å². The summed E-state index contributed by atoms with van der Waals surface area (Å²) in [6, 6.07) is 13.5. The number of hydrogen-bond donors (Lipinski definition) is 1. The van der Waals surface area contributed by atoms with E-state index in [0.717, 1.165) is 10.4 Å². The van der Waals surface area contributed by atoms with Crippen LogP contribution in [0, 0.1) is 0 Å². The fraction of sp³-hybridized carbons (Fsp3) is 0.188. The van der Waals surface area contributed by atoms with Crippen molar-refractivity contribution in [1.29, 1.82) is 0 Å². The van der Waals surface area contributed by atoms with Crippen LogP contribution in [-0.2, 0) is 23.5 Å². The molecule has 1 N–H and O–H groups in total. The second-order valence-corrected chi connectivity index (χ2v) is 7.81. The molecule has 0 atom stereocenters. The second kappa shape index (κ2) is 6.66. The Hall–Kier alpha value is -1.96. The van der Waals surface area contributed by atoms with Crippen LogP contribution in [0.2, 0.25) is 0 Å². The molecule has 120 valence electrons. The van der Waals surface area contributed by atoms with Crippen LogP contribution in [0.3, 0.4) is 0 Å². The van der Waals surface area contributed by atoms with Crippen molar-refractivity contribution in [2.24, 2.45) is 7.05 Å². The van der Waals surface area contributed by atoms with Gasteiger partial charge >= 0.3 is 0 Å². The van der Waals surface area contributed by atoms with Crippen LogP contribution in [0.25, 0.3) is 10.6 Å². The number of nitrogens with zero attached hydrogens (tertiary/aromatic N) is 2. The van der Waals surface area contributed by atoms with Crippen LogP contribution in [0.4, 0.5) is 0 Å². The van der Waals surface area contributed by atoms with Crippen LogP contribution < -0.4 is 4.72 Å². The number of nitrogens with one attached hydrogen (secondary N) is 1. The first-order valence-corrected chi connectivity index (χ1v) is 9.54. The highest BCUT2D eigenvalue weighted by Gasteiger charge is 2.23. The monoisotopic (exact) mass is 347 g/mol. The van der Waals surface area contributed by atoms with Crippen molar-refractivity contribution in [3.05, 3.63) is 59.6 Å². The number of hydrogen-bond acceptors (Lipinski definition) is 4. The van der Waals surface area contributed by atoms with Gasteiger partial charge in [-0.15, -0.1) is 11.3 Å². The Labute approximate surface area is 139 Å². The minimum atomic E-state index is -3.59. The smallest absolute Gasteiger partial charge is 0.244 e. The summed E-state index contributed by atoms with van der Waals surface area (Å²) in [5.41, 5.74) is 1.59. The average Bonchev–Trinajstić information content (AvgIpc) is 3.17. The van der Waals surface area contributed by atoms with Gasteiger partial charge in [-0.25, -0.2) is 13.1 Å². The Morgan fingerprint density at radius 1 is 1.17 bits per heavy atom. The van der Waals surface area contributed by atoms with Gasteiger partial charge in [0.2, 0.25) is 10.0 Å². The zero-order valence-corrected chi connectivity index (χ0v) is 14.3. The van der Waals surface area contributed by atoms with Gasteiger partial charge in [-0.1, -0.05) is 36.4 Å². The van der Waals surface area contributed by atoms with E-state index in [1.807, 2.05) is 47.8 Å². The SMILES string of the molecule is Cn1cc(S(=O)(=O)NCCc2ccccc2)c(-c2cccs2)n1. The largest absolute Gasteiger partial charge is 0.274 e. The van der Waals surface area contributed by atoms with Gasteiger partial charge in [-0.05, 0) is 23.4 Å². The molecule has 0 radical (unpaired) electrons. The molecule has 2 heterocycles. The molecule has 0 saturated carbocycles. The number of aromatic nitrogens is 2. The highest BCUT2D eigenvalue weighted by atomic mass is 32.2. The molecular formula is C16H17N3O2S2. The Bertz CT molecular complexity index is 869. The fourth-order valence-corrected chi connectivity index (χ4v) is 4.31. The molecule has 1 aromatic carbocycles. The Morgan fingerprint density at radius 3 is 2.65 bits per heavy atom. The van der Waals surface area contributed by atoms with Gasteiger partial charge in [0.05, 0.1) is 4.88 Å². The first-order chi connectivity index (χ1) is 11.1. The molecule has 7 heteroatoms. The van der Waals surface area contributed by atoms with Crippen LogP contribution in [0.5, 0.6) is 0 Å². The molecule has 0 aliphatic carbocycles. The lowest BCUT2D eigenvalue weighted by atomic mass is 10.2. The molecule has 3 rings (SSSR count). The number of aryl methyl sites for hydroxylation is 1. The molecule has 0 bridgehead atoms. The molecule has 5 nitrogen and oxygen atoms in total. The molecule has 2 aromatic heterocycles. The maximum Gasteiger partial charge on any atom is 0.244 e. The summed E-state index contributed by atoms with van der Waals surface area (Å²) >= 11 is 1.47. The Kier molecular flexibility index (Phi) is 4.61. The zero-order chi connectivity index (χ0) is 16.3. The quantitative estimate of drug-likeness (QED) is 0.746. The fourth-order valence-electron chi connectivity index (χ4n) is 2.30. The van der Waals surface area contributed by atoms with Gasteiger partial charge in [0.15, 0.2) is 0 Å². The van der Waals surface area contributed by atoms with Gasteiger partial charge in [0.1, 0.15) is 10.6 Å². The number of benzene rings is 1. The van der Waals surface area contributed by atoms with E-state index in [-0.39, 0.29) is 4.90 Å². The van der Waals surface area contributed by atoms with E-state index in [9.17, 15) is 8.42 Å². The summed E-state index contributed by atoms with van der Waals surface area (Å²) in [6.45, 7) is 0.352. The molecule has 0 amide bonds. The Balaban J connectivity index is 1.78. The van der Waals surface area contributed by atoms with Crippen molar-refractivity contribution in [2.45, 2.75) is 11.3 Å². The molecule has 23 heavy (non-hydrogen) atoms. The third-order valence-corrected chi connectivity index (χ3v) is 5.73. The third-order valence-electron chi connectivity index (χ3n) is 3.39. The standard InChI is InChI=1S/C16H17N3O2S2/c1-19-12-15(16(18-19)14-8-5-11-22-14)23(20,21)17-10-9-13-6-3-2-4-7-13/h2-8,11-12,17H,9-10H2,1H3. The molecule has 0 aliphatic heterocycles. The van der Waals surface area contributed by atoms with Crippen molar-refractivity contribution >= 4 is 21.4 Å². The molecule has 0 aliphatic rings. The molecular weight excluding hydrogens is 330 g/mol. The molecule has 0 spiro atoms. The first kappa shape index (κ1) is 15.9. The van der Waals surface area contributed by atoms with E-state index in [2.05, 4.69) is 9.82 Å². The maximum atomic E-state index is 12.6. The first-order valence-electron chi connectivity index (χ1n) is 7.17. The van der Waals surface area contributed by atoms with Crippen LogP contribution >= 0.6 is 11.3 Å². The van der Waals surface area contributed by atoms with Crippen molar-refractivity contribution in [2.75, 3.05) is 6.54 Å². The van der Waals surface area contributed by atoms with E-state index >= 15 is 0 Å². The average molecular weight is 347 g/mol. The van der Waals surface area contributed by atoms with E-state index in [1.54, 1.807) is 13.2 Å². The lowest BCUT2D eigenvalue weighted by Gasteiger charge is -2.06. The summed E-state index contributed by atoms with van der Waals surface area (Å²) in [7, 11) is -1.87. The third kappa shape index (κ3) is 3.69. The highest BCUT2D eigenvalue weighted by molar-refractivity contribution is 7.89. The lowest BCUT2D eigenvalue weighted by Crippen LogP contribution is -2.26. The van der Waals surface area contributed by atoms with Gasteiger partial charge in [-0.3, -0.25) is 4.68 Å². The number of sulfonamides is 1. The Morgan fingerprint density at radius 2 is 1.96 bits per heavy atom. The summed E-state index contributed by atoms with van der Waals surface area (Å²) < 4.78 is 29.4. The molecule has 0 unspecified atom stereocenters. The van der Waals surface area contributed by atoms with E-state index in [1.165, 1.54) is 16.0 Å². The summed E-state index contributed by atoms with van der Waals surface area (Å²) in [5, 5.41) is 6.20. The summed E-state index contributed by atoms with van der Waals surface area (Å²) in [4.78, 5) is 1.06. The molecule has 0 saturated heterocycles. The minimum Gasteiger partial charge on any atom is -0.274 e. The van der Waals surface area contributed by atoms with Crippen molar-refractivity contribution < 1.29 is 8.42 Å². The summed E-state index contributed by atoms with van der Waals surface area (Å²) in [6.07, 6.45) is 2.19. The van der Waals surface area contributed by atoms with Crippen LogP contribution in [-0.4, -0.2) is 24.7 Å². The number of thiophene rings is 1. The van der Waals surface area contributed by atoms with Crippen molar-refractivity contribution in [3.63, 3.8) is 0 Å². The van der Waals surface area contributed by atoms with Crippen molar-refractivity contribution in [1.82, 2.24) is 14.5 Å². The predicted octanol–water partition coefficient (Wildman–Crippen LogP) is 2.67.